The molecule has 0 radical (unpaired) electrons. The molecule has 0 atom stereocenters. The summed E-state index contributed by atoms with van der Waals surface area (Å²) in [6.07, 6.45) is 3.46. The summed E-state index contributed by atoms with van der Waals surface area (Å²) in [5, 5.41) is 1.02. The first-order valence-electron chi connectivity index (χ1n) is 6.20. The summed E-state index contributed by atoms with van der Waals surface area (Å²) in [5.74, 6) is 0.936. The van der Waals surface area contributed by atoms with Gasteiger partial charge in [0.25, 0.3) is 0 Å². The van der Waals surface area contributed by atoms with Crippen LogP contribution >= 0.6 is 11.5 Å². The van der Waals surface area contributed by atoms with Gasteiger partial charge >= 0.3 is 0 Å². The number of aromatic nitrogens is 2. The highest BCUT2D eigenvalue weighted by Crippen LogP contribution is 2.24. The number of hydrogen-bond donors (Lipinski definition) is 1. The predicted molar refractivity (Wildman–Crippen MR) is 74.8 cm³/mol. The van der Waals surface area contributed by atoms with Gasteiger partial charge in [-0.25, -0.2) is 4.98 Å². The minimum atomic E-state index is 0.0368. The summed E-state index contributed by atoms with van der Waals surface area (Å²) in [5.41, 5.74) is 5.51. The lowest BCUT2D eigenvalue weighted by atomic mass is 9.96. The number of rotatable bonds is 6. The topological polar surface area (TPSA) is 55.0 Å². The van der Waals surface area contributed by atoms with Crippen LogP contribution in [0, 0.1) is 0 Å². The van der Waals surface area contributed by atoms with Gasteiger partial charge in [0, 0.05) is 30.5 Å². The van der Waals surface area contributed by atoms with E-state index in [4.69, 9.17) is 5.73 Å². The molecule has 5 heteroatoms. The summed E-state index contributed by atoms with van der Waals surface area (Å²) in [7, 11) is 2.08. The van der Waals surface area contributed by atoms with Crippen molar-refractivity contribution in [2.75, 3.05) is 25.0 Å². The van der Waals surface area contributed by atoms with Crippen LogP contribution in [0.1, 0.15) is 45.9 Å². The normalized spacial score (nSPS) is 11.8. The van der Waals surface area contributed by atoms with Crippen molar-refractivity contribution in [3.63, 3.8) is 0 Å². The molecule has 0 amide bonds. The summed E-state index contributed by atoms with van der Waals surface area (Å²) >= 11 is 1.49. The Balaban J connectivity index is 2.47. The molecule has 0 aliphatic rings. The van der Waals surface area contributed by atoms with Crippen molar-refractivity contribution in [2.45, 2.75) is 45.4 Å². The number of anilines is 1. The van der Waals surface area contributed by atoms with Crippen molar-refractivity contribution in [3.05, 3.63) is 5.82 Å². The second kappa shape index (κ2) is 6.31. The van der Waals surface area contributed by atoms with Gasteiger partial charge in [-0.05, 0) is 19.4 Å². The van der Waals surface area contributed by atoms with E-state index in [9.17, 15) is 0 Å². The van der Waals surface area contributed by atoms with E-state index in [2.05, 4.69) is 42.1 Å². The van der Waals surface area contributed by atoms with E-state index in [1.807, 2.05) is 0 Å². The van der Waals surface area contributed by atoms with Crippen molar-refractivity contribution in [1.29, 1.82) is 0 Å². The Morgan fingerprint density at radius 3 is 2.47 bits per heavy atom. The molecule has 0 unspecified atom stereocenters. The second-order valence-electron chi connectivity index (χ2n) is 5.42. The molecule has 0 spiro atoms. The average Bonchev–Trinajstić information content (AvgIpc) is 2.72. The Labute approximate surface area is 108 Å². The van der Waals surface area contributed by atoms with Crippen LogP contribution in [0.25, 0.3) is 0 Å². The molecule has 2 N–H and O–H groups in total. The lowest BCUT2D eigenvalue weighted by Crippen LogP contribution is -2.19. The zero-order chi connectivity index (χ0) is 12.9. The van der Waals surface area contributed by atoms with Crippen LogP contribution in [0.3, 0.4) is 0 Å². The first-order chi connectivity index (χ1) is 7.95. The van der Waals surface area contributed by atoms with Gasteiger partial charge in [-0.2, -0.15) is 4.37 Å². The zero-order valence-electron chi connectivity index (χ0n) is 11.4. The molecule has 1 heterocycles. The molecule has 1 rings (SSSR count). The quantitative estimate of drug-likeness (QED) is 0.794. The fraction of sp³-hybridized carbons (Fsp3) is 0.833. The molecule has 0 saturated heterocycles. The zero-order valence-corrected chi connectivity index (χ0v) is 12.2. The molecule has 98 valence electrons. The molecule has 0 fully saturated rings. The van der Waals surface area contributed by atoms with E-state index in [1.54, 1.807) is 0 Å². The molecular formula is C12H24N4S. The van der Waals surface area contributed by atoms with Crippen molar-refractivity contribution in [3.8, 4) is 0 Å². The summed E-state index contributed by atoms with van der Waals surface area (Å²) < 4.78 is 4.42. The first-order valence-corrected chi connectivity index (χ1v) is 6.98. The minimum Gasteiger partial charge on any atom is -0.350 e. The van der Waals surface area contributed by atoms with Gasteiger partial charge in [-0.1, -0.05) is 27.2 Å². The molecule has 4 nitrogen and oxygen atoms in total. The van der Waals surface area contributed by atoms with E-state index in [-0.39, 0.29) is 5.41 Å². The third-order valence-electron chi connectivity index (χ3n) is 2.61. The summed E-state index contributed by atoms with van der Waals surface area (Å²) in [6, 6.07) is 0. The van der Waals surface area contributed by atoms with Crippen LogP contribution in [0.15, 0.2) is 0 Å². The van der Waals surface area contributed by atoms with Crippen molar-refractivity contribution in [2.24, 2.45) is 5.73 Å². The van der Waals surface area contributed by atoms with Crippen LogP contribution in [0.2, 0.25) is 0 Å². The fourth-order valence-corrected chi connectivity index (χ4v) is 2.28. The Hall–Kier alpha value is -0.680. The monoisotopic (exact) mass is 256 g/mol. The molecule has 0 aromatic carbocycles. The van der Waals surface area contributed by atoms with Crippen LogP contribution < -0.4 is 10.6 Å². The van der Waals surface area contributed by atoms with Gasteiger partial charge in [0.2, 0.25) is 5.13 Å². The number of unbranched alkanes of at least 4 members (excludes halogenated alkanes) is 2. The Bertz CT molecular complexity index is 329. The van der Waals surface area contributed by atoms with Gasteiger partial charge in [-0.3, -0.25) is 0 Å². The Kier molecular flexibility index (Phi) is 5.33. The third kappa shape index (κ3) is 4.60. The number of nitrogens with zero attached hydrogens (tertiary/aromatic N) is 3. The van der Waals surface area contributed by atoms with E-state index >= 15 is 0 Å². The lowest BCUT2D eigenvalue weighted by Gasteiger charge is -2.16. The van der Waals surface area contributed by atoms with Crippen molar-refractivity contribution >= 4 is 16.7 Å². The predicted octanol–water partition coefficient (Wildman–Crippen LogP) is 2.40. The van der Waals surface area contributed by atoms with Crippen molar-refractivity contribution in [1.82, 2.24) is 9.36 Å². The highest BCUT2D eigenvalue weighted by Gasteiger charge is 2.20. The SMILES string of the molecule is CN(CCCCCN)c1nc(C(C)(C)C)ns1. The molecule has 0 saturated carbocycles. The Morgan fingerprint density at radius 1 is 1.24 bits per heavy atom. The smallest absolute Gasteiger partial charge is 0.204 e. The van der Waals surface area contributed by atoms with E-state index in [1.165, 1.54) is 18.0 Å². The van der Waals surface area contributed by atoms with Gasteiger partial charge in [0.15, 0.2) is 0 Å². The molecule has 1 aromatic rings. The third-order valence-corrected chi connectivity index (χ3v) is 3.44. The van der Waals surface area contributed by atoms with E-state index in [0.717, 1.165) is 36.9 Å². The minimum absolute atomic E-state index is 0.0368. The van der Waals surface area contributed by atoms with E-state index in [0.29, 0.717) is 0 Å². The molecule has 17 heavy (non-hydrogen) atoms. The Morgan fingerprint density at radius 2 is 1.94 bits per heavy atom. The second-order valence-corrected chi connectivity index (χ2v) is 6.15. The van der Waals surface area contributed by atoms with E-state index < -0.39 is 0 Å². The highest BCUT2D eigenvalue weighted by molar-refractivity contribution is 7.09. The van der Waals surface area contributed by atoms with Crippen LogP contribution in [-0.2, 0) is 5.41 Å². The molecule has 1 aromatic heterocycles. The molecular weight excluding hydrogens is 232 g/mol. The van der Waals surface area contributed by atoms with Gasteiger partial charge in [0.1, 0.15) is 5.82 Å². The largest absolute Gasteiger partial charge is 0.350 e. The maximum absolute atomic E-state index is 5.47. The van der Waals surface area contributed by atoms with Crippen LogP contribution in [0.5, 0.6) is 0 Å². The van der Waals surface area contributed by atoms with Crippen LogP contribution in [-0.4, -0.2) is 29.5 Å². The number of hydrogen-bond acceptors (Lipinski definition) is 5. The van der Waals surface area contributed by atoms with Crippen molar-refractivity contribution < 1.29 is 0 Å². The molecule has 0 bridgehead atoms. The standard InChI is InChI=1S/C12H24N4S/c1-12(2,3)10-14-11(17-15-10)16(4)9-7-5-6-8-13/h5-9,13H2,1-4H3. The maximum atomic E-state index is 5.47. The summed E-state index contributed by atoms with van der Waals surface area (Å²) in [6.45, 7) is 8.23. The highest BCUT2D eigenvalue weighted by atomic mass is 32.1. The molecule has 0 aliphatic carbocycles. The van der Waals surface area contributed by atoms with Crippen LogP contribution in [0.4, 0.5) is 5.13 Å². The average molecular weight is 256 g/mol. The fourth-order valence-electron chi connectivity index (χ4n) is 1.44. The van der Waals surface area contributed by atoms with Gasteiger partial charge in [-0.15, -0.1) is 0 Å². The number of nitrogens with two attached hydrogens (primary N) is 1. The lowest BCUT2D eigenvalue weighted by molar-refractivity contribution is 0.554. The summed E-state index contributed by atoms with van der Waals surface area (Å²) in [4.78, 5) is 6.77. The maximum Gasteiger partial charge on any atom is 0.204 e. The van der Waals surface area contributed by atoms with Gasteiger partial charge in [0.05, 0.1) is 0 Å². The molecule has 0 aliphatic heterocycles. The first kappa shape index (κ1) is 14.4. The van der Waals surface area contributed by atoms with Gasteiger partial charge < -0.3 is 10.6 Å².